The van der Waals surface area contributed by atoms with Crippen molar-refractivity contribution in [2.24, 2.45) is 17.6 Å². The molecule has 1 heterocycles. The maximum absolute atomic E-state index is 5.64. The Labute approximate surface area is 76.1 Å². The van der Waals surface area contributed by atoms with E-state index < -0.39 is 0 Å². The van der Waals surface area contributed by atoms with E-state index in [0.29, 0.717) is 6.04 Å². The van der Waals surface area contributed by atoms with E-state index in [1.54, 1.807) is 0 Å². The molecule has 3 atom stereocenters. The fourth-order valence-electron chi connectivity index (χ4n) is 1.84. The molecule has 0 radical (unpaired) electrons. The van der Waals surface area contributed by atoms with Gasteiger partial charge in [-0.15, -0.1) is 0 Å². The van der Waals surface area contributed by atoms with Crippen molar-refractivity contribution >= 4 is 0 Å². The zero-order valence-corrected chi connectivity index (χ0v) is 8.59. The molecule has 1 aliphatic rings. The second-order valence-electron chi connectivity index (χ2n) is 4.32. The van der Waals surface area contributed by atoms with E-state index in [0.717, 1.165) is 18.4 Å². The standard InChI is InChI=1S/C10H22N2/c1-8-4-5-12(7-9(8)2)10(3)6-11/h8-10H,4-7,11H2,1-3H3. The summed E-state index contributed by atoms with van der Waals surface area (Å²) < 4.78 is 0. The van der Waals surface area contributed by atoms with Crippen LogP contribution in [0.1, 0.15) is 27.2 Å². The van der Waals surface area contributed by atoms with Crippen molar-refractivity contribution in [3.63, 3.8) is 0 Å². The van der Waals surface area contributed by atoms with Crippen LogP contribution in [0.25, 0.3) is 0 Å². The van der Waals surface area contributed by atoms with Crippen molar-refractivity contribution < 1.29 is 0 Å². The van der Waals surface area contributed by atoms with E-state index >= 15 is 0 Å². The van der Waals surface area contributed by atoms with Crippen LogP contribution in [0, 0.1) is 11.8 Å². The molecular weight excluding hydrogens is 148 g/mol. The zero-order chi connectivity index (χ0) is 9.14. The Morgan fingerprint density at radius 1 is 1.42 bits per heavy atom. The molecule has 2 N–H and O–H groups in total. The predicted molar refractivity (Wildman–Crippen MR) is 53.0 cm³/mol. The maximum Gasteiger partial charge on any atom is 0.0190 e. The number of rotatable bonds is 2. The smallest absolute Gasteiger partial charge is 0.0190 e. The molecule has 3 unspecified atom stereocenters. The highest BCUT2D eigenvalue weighted by molar-refractivity contribution is 4.78. The van der Waals surface area contributed by atoms with Crippen LogP contribution in [0.3, 0.4) is 0 Å². The Balaban J connectivity index is 2.39. The molecule has 1 aliphatic heterocycles. The molecule has 72 valence electrons. The monoisotopic (exact) mass is 170 g/mol. The summed E-state index contributed by atoms with van der Waals surface area (Å²) in [7, 11) is 0. The van der Waals surface area contributed by atoms with Crippen molar-refractivity contribution in [3.05, 3.63) is 0 Å². The SMILES string of the molecule is CC1CCN(C(C)CN)CC1C. The van der Waals surface area contributed by atoms with E-state index in [1.165, 1.54) is 19.5 Å². The molecule has 2 nitrogen and oxygen atoms in total. The van der Waals surface area contributed by atoms with Crippen molar-refractivity contribution in [1.29, 1.82) is 0 Å². The van der Waals surface area contributed by atoms with Crippen LogP contribution in [-0.2, 0) is 0 Å². The van der Waals surface area contributed by atoms with Gasteiger partial charge in [-0.05, 0) is 31.7 Å². The summed E-state index contributed by atoms with van der Waals surface area (Å²) in [5.74, 6) is 1.74. The third kappa shape index (κ3) is 2.20. The summed E-state index contributed by atoms with van der Waals surface area (Å²) in [5, 5.41) is 0. The molecule has 0 aromatic carbocycles. The Bertz CT molecular complexity index is 136. The minimum atomic E-state index is 0.569. The lowest BCUT2D eigenvalue weighted by atomic mass is 9.88. The fourth-order valence-corrected chi connectivity index (χ4v) is 1.84. The quantitative estimate of drug-likeness (QED) is 0.677. The normalized spacial score (nSPS) is 35.0. The highest BCUT2D eigenvalue weighted by atomic mass is 15.2. The van der Waals surface area contributed by atoms with Crippen LogP contribution in [-0.4, -0.2) is 30.6 Å². The van der Waals surface area contributed by atoms with Gasteiger partial charge in [-0.3, -0.25) is 4.90 Å². The Hall–Kier alpha value is -0.0800. The number of nitrogens with zero attached hydrogens (tertiary/aromatic N) is 1. The molecular formula is C10H22N2. The van der Waals surface area contributed by atoms with Crippen LogP contribution in [0.2, 0.25) is 0 Å². The average molecular weight is 170 g/mol. The largest absolute Gasteiger partial charge is 0.329 e. The van der Waals surface area contributed by atoms with Gasteiger partial charge in [0.25, 0.3) is 0 Å². The van der Waals surface area contributed by atoms with Gasteiger partial charge in [0.15, 0.2) is 0 Å². The Morgan fingerprint density at radius 2 is 2.08 bits per heavy atom. The molecule has 2 heteroatoms. The van der Waals surface area contributed by atoms with Gasteiger partial charge < -0.3 is 5.73 Å². The molecule has 1 rings (SSSR count). The van der Waals surface area contributed by atoms with E-state index in [1.807, 2.05) is 0 Å². The lowest BCUT2D eigenvalue weighted by molar-refractivity contribution is 0.106. The summed E-state index contributed by atoms with van der Waals surface area (Å²) in [4.78, 5) is 2.52. The Morgan fingerprint density at radius 3 is 2.58 bits per heavy atom. The van der Waals surface area contributed by atoms with E-state index in [4.69, 9.17) is 5.73 Å². The molecule has 1 fully saturated rings. The molecule has 1 saturated heterocycles. The van der Waals surface area contributed by atoms with Crippen LogP contribution in [0.5, 0.6) is 0 Å². The first kappa shape index (κ1) is 10.0. The summed E-state index contributed by atoms with van der Waals surface area (Å²) in [6.45, 7) is 10.2. The molecule has 0 aromatic heterocycles. The molecule has 0 aliphatic carbocycles. The second kappa shape index (κ2) is 4.24. The topological polar surface area (TPSA) is 29.3 Å². The first-order chi connectivity index (χ1) is 5.65. The number of hydrogen-bond donors (Lipinski definition) is 1. The number of piperidine rings is 1. The molecule has 0 saturated carbocycles. The van der Waals surface area contributed by atoms with E-state index in [-0.39, 0.29) is 0 Å². The molecule has 0 bridgehead atoms. The fraction of sp³-hybridized carbons (Fsp3) is 1.00. The van der Waals surface area contributed by atoms with Gasteiger partial charge in [0.2, 0.25) is 0 Å². The minimum absolute atomic E-state index is 0.569. The Kier molecular flexibility index (Phi) is 3.53. The zero-order valence-electron chi connectivity index (χ0n) is 8.59. The van der Waals surface area contributed by atoms with Crippen LogP contribution < -0.4 is 5.73 Å². The summed E-state index contributed by atoms with van der Waals surface area (Å²) >= 11 is 0. The summed E-state index contributed by atoms with van der Waals surface area (Å²) in [6.07, 6.45) is 1.34. The van der Waals surface area contributed by atoms with Gasteiger partial charge in [0.1, 0.15) is 0 Å². The van der Waals surface area contributed by atoms with Crippen molar-refractivity contribution in [3.8, 4) is 0 Å². The molecule has 0 spiro atoms. The van der Waals surface area contributed by atoms with Gasteiger partial charge in [-0.1, -0.05) is 13.8 Å². The molecule has 0 aromatic rings. The average Bonchev–Trinajstić information content (AvgIpc) is 2.08. The van der Waals surface area contributed by atoms with Gasteiger partial charge in [0.05, 0.1) is 0 Å². The van der Waals surface area contributed by atoms with Gasteiger partial charge in [-0.2, -0.15) is 0 Å². The summed E-state index contributed by atoms with van der Waals surface area (Å²) in [5.41, 5.74) is 5.64. The minimum Gasteiger partial charge on any atom is -0.329 e. The number of hydrogen-bond acceptors (Lipinski definition) is 2. The summed E-state index contributed by atoms with van der Waals surface area (Å²) in [6, 6.07) is 0.569. The van der Waals surface area contributed by atoms with Crippen molar-refractivity contribution in [2.75, 3.05) is 19.6 Å². The highest BCUT2D eigenvalue weighted by Crippen LogP contribution is 2.23. The molecule has 0 amide bonds. The van der Waals surface area contributed by atoms with Crippen molar-refractivity contribution in [1.82, 2.24) is 4.90 Å². The lowest BCUT2D eigenvalue weighted by Crippen LogP contribution is -2.46. The number of nitrogens with two attached hydrogens (primary N) is 1. The van der Waals surface area contributed by atoms with E-state index in [2.05, 4.69) is 25.7 Å². The third-order valence-corrected chi connectivity index (χ3v) is 3.33. The van der Waals surface area contributed by atoms with Crippen LogP contribution in [0.15, 0.2) is 0 Å². The highest BCUT2D eigenvalue weighted by Gasteiger charge is 2.24. The van der Waals surface area contributed by atoms with E-state index in [9.17, 15) is 0 Å². The first-order valence-corrected chi connectivity index (χ1v) is 5.09. The maximum atomic E-state index is 5.64. The lowest BCUT2D eigenvalue weighted by Gasteiger charge is -2.38. The number of likely N-dealkylation sites (tertiary alicyclic amines) is 1. The third-order valence-electron chi connectivity index (χ3n) is 3.33. The van der Waals surface area contributed by atoms with Crippen LogP contribution >= 0.6 is 0 Å². The van der Waals surface area contributed by atoms with Crippen molar-refractivity contribution in [2.45, 2.75) is 33.2 Å². The first-order valence-electron chi connectivity index (χ1n) is 5.09. The van der Waals surface area contributed by atoms with Gasteiger partial charge in [0, 0.05) is 19.1 Å². The van der Waals surface area contributed by atoms with Gasteiger partial charge in [-0.25, -0.2) is 0 Å². The second-order valence-corrected chi connectivity index (χ2v) is 4.32. The van der Waals surface area contributed by atoms with Crippen LogP contribution in [0.4, 0.5) is 0 Å². The predicted octanol–water partition coefficient (Wildman–Crippen LogP) is 1.31. The molecule has 12 heavy (non-hydrogen) atoms. The van der Waals surface area contributed by atoms with Gasteiger partial charge >= 0.3 is 0 Å².